The van der Waals surface area contributed by atoms with Crippen LogP contribution in [0.15, 0.2) is 0 Å². The van der Waals surface area contributed by atoms with E-state index in [4.69, 9.17) is 0 Å². The first-order chi connectivity index (χ1) is 8.68. The van der Waals surface area contributed by atoms with Crippen molar-refractivity contribution in [3.05, 3.63) is 0 Å². The van der Waals surface area contributed by atoms with Crippen molar-refractivity contribution in [3.63, 3.8) is 0 Å². The number of halogens is 1. The molecule has 0 aliphatic carbocycles. The SMILES string of the molecule is CCCCCCCC[N+](C)(CBr)CCCCCC. The van der Waals surface area contributed by atoms with Crippen molar-refractivity contribution in [2.75, 3.05) is 25.6 Å². The third kappa shape index (κ3) is 10.4. The smallest absolute Gasteiger partial charge is 0.134 e. The van der Waals surface area contributed by atoms with Gasteiger partial charge < -0.3 is 4.48 Å². The zero-order valence-corrected chi connectivity index (χ0v) is 14.6. The molecule has 1 atom stereocenters. The summed E-state index contributed by atoms with van der Waals surface area (Å²) in [5.74, 6) is 0. The molecule has 0 aromatic heterocycles. The van der Waals surface area contributed by atoms with Crippen molar-refractivity contribution in [2.24, 2.45) is 0 Å². The van der Waals surface area contributed by atoms with Crippen molar-refractivity contribution in [3.8, 4) is 0 Å². The van der Waals surface area contributed by atoms with E-state index < -0.39 is 0 Å². The maximum Gasteiger partial charge on any atom is 0.134 e. The second-order valence-electron chi connectivity index (χ2n) is 6.01. The Morgan fingerprint density at radius 1 is 0.667 bits per heavy atom. The van der Waals surface area contributed by atoms with E-state index >= 15 is 0 Å². The van der Waals surface area contributed by atoms with E-state index in [1.807, 2.05) is 0 Å². The molecule has 18 heavy (non-hydrogen) atoms. The quantitative estimate of drug-likeness (QED) is 0.176. The van der Waals surface area contributed by atoms with E-state index in [9.17, 15) is 0 Å². The van der Waals surface area contributed by atoms with Gasteiger partial charge in [-0.15, -0.1) is 0 Å². The molecular formula is C16H35BrN+. The second kappa shape index (κ2) is 12.5. The van der Waals surface area contributed by atoms with Crippen LogP contribution in [0.5, 0.6) is 0 Å². The molecule has 1 unspecified atom stereocenters. The fourth-order valence-corrected chi connectivity index (χ4v) is 2.93. The number of rotatable bonds is 13. The van der Waals surface area contributed by atoms with Crippen molar-refractivity contribution >= 4 is 15.9 Å². The molecule has 0 saturated carbocycles. The lowest BCUT2D eigenvalue weighted by Gasteiger charge is -2.32. The molecule has 0 saturated heterocycles. The van der Waals surface area contributed by atoms with Gasteiger partial charge >= 0.3 is 0 Å². The molecule has 0 rings (SSSR count). The van der Waals surface area contributed by atoms with Crippen LogP contribution in [-0.4, -0.2) is 30.1 Å². The second-order valence-corrected chi connectivity index (χ2v) is 6.52. The molecule has 0 amide bonds. The molecule has 0 N–H and O–H groups in total. The van der Waals surface area contributed by atoms with Gasteiger partial charge in [-0.05, 0) is 41.6 Å². The van der Waals surface area contributed by atoms with Gasteiger partial charge in [0.05, 0.1) is 20.1 Å². The molecule has 0 radical (unpaired) electrons. The van der Waals surface area contributed by atoms with Crippen molar-refractivity contribution in [1.82, 2.24) is 0 Å². The summed E-state index contributed by atoms with van der Waals surface area (Å²) >= 11 is 3.71. The first-order valence-electron chi connectivity index (χ1n) is 8.08. The Bertz CT molecular complexity index is 172. The van der Waals surface area contributed by atoms with Crippen LogP contribution in [0.4, 0.5) is 0 Å². The lowest BCUT2D eigenvalue weighted by molar-refractivity contribution is -0.896. The lowest BCUT2D eigenvalue weighted by Crippen LogP contribution is -2.44. The molecule has 0 aromatic rings. The van der Waals surface area contributed by atoms with E-state index in [2.05, 4.69) is 36.8 Å². The van der Waals surface area contributed by atoms with Crippen LogP contribution in [0.3, 0.4) is 0 Å². The molecule has 0 spiro atoms. The summed E-state index contributed by atoms with van der Waals surface area (Å²) < 4.78 is 1.22. The minimum Gasteiger partial charge on any atom is -0.317 e. The average Bonchev–Trinajstić information content (AvgIpc) is 2.39. The van der Waals surface area contributed by atoms with Crippen LogP contribution >= 0.6 is 15.9 Å². The summed E-state index contributed by atoms with van der Waals surface area (Å²) in [6.45, 7) is 7.27. The molecule has 0 aromatic carbocycles. The number of unbranched alkanes of at least 4 members (excludes halogenated alkanes) is 8. The molecule has 2 heteroatoms. The van der Waals surface area contributed by atoms with E-state index in [1.54, 1.807) is 0 Å². The number of alkyl halides is 1. The topological polar surface area (TPSA) is 0 Å². The molecule has 0 bridgehead atoms. The molecule has 0 heterocycles. The fourth-order valence-electron chi connectivity index (χ4n) is 2.43. The number of nitrogens with zero attached hydrogens (tertiary/aromatic N) is 1. The van der Waals surface area contributed by atoms with Gasteiger partial charge in [-0.1, -0.05) is 52.4 Å². The summed E-state index contributed by atoms with van der Waals surface area (Å²) in [5.41, 5.74) is 1.12. The van der Waals surface area contributed by atoms with Gasteiger partial charge in [0.1, 0.15) is 5.45 Å². The Labute approximate surface area is 124 Å². The van der Waals surface area contributed by atoms with Gasteiger partial charge in [-0.3, -0.25) is 0 Å². The standard InChI is InChI=1S/C16H35BrN/c1-4-6-8-10-11-13-15-18(3,16-17)14-12-9-7-5-2/h4-16H2,1-3H3/q+1. The summed E-state index contributed by atoms with van der Waals surface area (Å²) in [7, 11) is 2.41. The van der Waals surface area contributed by atoms with Crippen LogP contribution in [0.2, 0.25) is 0 Å². The fraction of sp³-hybridized carbons (Fsp3) is 1.00. The first kappa shape index (κ1) is 18.4. The summed E-state index contributed by atoms with van der Waals surface area (Å²) in [4.78, 5) is 0. The highest BCUT2D eigenvalue weighted by Gasteiger charge is 2.18. The Morgan fingerprint density at radius 3 is 1.50 bits per heavy atom. The average molecular weight is 321 g/mol. The van der Waals surface area contributed by atoms with Crippen molar-refractivity contribution < 1.29 is 4.48 Å². The Hall–Kier alpha value is 0.440. The molecule has 1 nitrogen and oxygen atoms in total. The molecule has 0 aliphatic heterocycles. The monoisotopic (exact) mass is 320 g/mol. The van der Waals surface area contributed by atoms with E-state index in [1.165, 1.54) is 81.8 Å². The van der Waals surface area contributed by atoms with Crippen LogP contribution in [0.1, 0.15) is 78.1 Å². The Morgan fingerprint density at radius 2 is 1.06 bits per heavy atom. The summed E-state index contributed by atoms with van der Waals surface area (Å²) in [6.07, 6.45) is 14.0. The van der Waals surface area contributed by atoms with Crippen LogP contribution < -0.4 is 0 Å². The largest absolute Gasteiger partial charge is 0.317 e. The Kier molecular flexibility index (Phi) is 12.8. The van der Waals surface area contributed by atoms with Gasteiger partial charge in [0.25, 0.3) is 0 Å². The predicted octanol–water partition coefficient (Wildman–Crippen LogP) is 5.73. The van der Waals surface area contributed by atoms with Gasteiger partial charge in [0.15, 0.2) is 0 Å². The maximum atomic E-state index is 3.71. The normalized spacial score (nSPS) is 14.7. The highest BCUT2D eigenvalue weighted by molar-refractivity contribution is 9.09. The molecule has 0 aliphatic rings. The van der Waals surface area contributed by atoms with E-state index in [0.717, 1.165) is 5.45 Å². The number of hydrogen-bond acceptors (Lipinski definition) is 0. The van der Waals surface area contributed by atoms with Gasteiger partial charge in [0.2, 0.25) is 0 Å². The van der Waals surface area contributed by atoms with Gasteiger partial charge in [-0.25, -0.2) is 0 Å². The van der Waals surface area contributed by atoms with Crippen LogP contribution in [0.25, 0.3) is 0 Å². The minimum atomic E-state index is 1.12. The third-order valence-electron chi connectivity index (χ3n) is 3.89. The van der Waals surface area contributed by atoms with Gasteiger partial charge in [-0.2, -0.15) is 0 Å². The summed E-state index contributed by atoms with van der Waals surface area (Å²) in [5, 5.41) is 0. The van der Waals surface area contributed by atoms with Gasteiger partial charge in [0, 0.05) is 0 Å². The van der Waals surface area contributed by atoms with Crippen LogP contribution in [-0.2, 0) is 0 Å². The Balaban J connectivity index is 3.58. The van der Waals surface area contributed by atoms with E-state index in [-0.39, 0.29) is 0 Å². The third-order valence-corrected chi connectivity index (χ3v) is 5.10. The highest BCUT2D eigenvalue weighted by atomic mass is 79.9. The molecule has 0 fully saturated rings. The minimum absolute atomic E-state index is 1.12. The van der Waals surface area contributed by atoms with Crippen molar-refractivity contribution in [1.29, 1.82) is 0 Å². The number of hydrogen-bond donors (Lipinski definition) is 0. The zero-order chi connectivity index (χ0) is 13.7. The van der Waals surface area contributed by atoms with E-state index in [0.29, 0.717) is 0 Å². The van der Waals surface area contributed by atoms with Crippen molar-refractivity contribution in [2.45, 2.75) is 78.1 Å². The predicted molar refractivity (Wildman–Crippen MR) is 87.2 cm³/mol. The lowest BCUT2D eigenvalue weighted by atomic mass is 10.1. The molecular weight excluding hydrogens is 286 g/mol. The first-order valence-corrected chi connectivity index (χ1v) is 9.20. The van der Waals surface area contributed by atoms with Crippen LogP contribution in [0, 0.1) is 0 Å². The zero-order valence-electron chi connectivity index (χ0n) is 13.0. The highest BCUT2D eigenvalue weighted by Crippen LogP contribution is 2.14. The summed E-state index contributed by atoms with van der Waals surface area (Å²) in [6, 6.07) is 0. The number of quaternary nitrogens is 1. The molecule has 110 valence electrons. The maximum absolute atomic E-state index is 3.71.